The van der Waals surface area contributed by atoms with Gasteiger partial charge in [0.2, 0.25) is 6.10 Å². The molecule has 0 heterocycles. The van der Waals surface area contributed by atoms with Crippen molar-refractivity contribution in [2.75, 3.05) is 0 Å². The summed E-state index contributed by atoms with van der Waals surface area (Å²) < 4.78 is 5.72. The zero-order valence-corrected chi connectivity index (χ0v) is 14.2. The van der Waals surface area contributed by atoms with Gasteiger partial charge in [-0.25, -0.2) is 4.79 Å². The van der Waals surface area contributed by atoms with Crippen LogP contribution in [0, 0.1) is 0 Å². The van der Waals surface area contributed by atoms with Gasteiger partial charge < -0.3 is 9.84 Å². The molecule has 0 aliphatic heterocycles. The van der Waals surface area contributed by atoms with Gasteiger partial charge in [0, 0.05) is 10.9 Å². The van der Waals surface area contributed by atoms with Gasteiger partial charge in [-0.15, -0.1) is 0 Å². The number of aliphatic carboxylic acids is 1. The van der Waals surface area contributed by atoms with Crippen LogP contribution in [0.4, 0.5) is 0 Å². The quantitative estimate of drug-likeness (QED) is 0.800. The third-order valence-electron chi connectivity index (χ3n) is 3.90. The first-order valence-electron chi connectivity index (χ1n) is 7.63. The molecule has 3 nitrogen and oxygen atoms in total. The lowest BCUT2D eigenvalue weighted by Crippen LogP contribution is -2.32. The smallest absolute Gasteiger partial charge is 0.345 e. The summed E-state index contributed by atoms with van der Waals surface area (Å²) in [5, 5.41) is 10.1. The van der Waals surface area contributed by atoms with Gasteiger partial charge >= 0.3 is 5.97 Å². The van der Waals surface area contributed by atoms with Crippen LogP contribution in [0.1, 0.15) is 43.7 Å². The first kappa shape index (κ1) is 17.4. The Labute approximate surface area is 141 Å². The summed E-state index contributed by atoms with van der Waals surface area (Å²) in [5.74, 6) is -0.301. The minimum Gasteiger partial charge on any atom is -0.478 e. The predicted molar refractivity (Wildman–Crippen MR) is 92.4 cm³/mol. The number of hydrogen-bond acceptors (Lipinski definition) is 2. The molecular weight excluding hydrogens is 312 g/mol. The minimum absolute atomic E-state index is 0.297. The average molecular weight is 333 g/mol. The van der Waals surface area contributed by atoms with E-state index in [1.165, 1.54) is 5.56 Å². The zero-order valence-electron chi connectivity index (χ0n) is 13.5. The second kappa shape index (κ2) is 7.51. The fourth-order valence-electron chi connectivity index (χ4n) is 2.39. The molecule has 0 spiro atoms. The Morgan fingerprint density at radius 3 is 1.96 bits per heavy atom. The maximum absolute atomic E-state index is 11.6. The fraction of sp³-hybridized carbons (Fsp3) is 0.316. The zero-order chi connectivity index (χ0) is 17.0. The van der Waals surface area contributed by atoms with E-state index in [-0.39, 0.29) is 5.92 Å². The van der Waals surface area contributed by atoms with Crippen molar-refractivity contribution in [1.29, 1.82) is 0 Å². The molecule has 0 saturated carbocycles. The van der Waals surface area contributed by atoms with E-state index in [0.29, 0.717) is 16.7 Å². The van der Waals surface area contributed by atoms with E-state index in [9.17, 15) is 9.90 Å². The van der Waals surface area contributed by atoms with E-state index in [2.05, 4.69) is 13.8 Å². The van der Waals surface area contributed by atoms with Crippen molar-refractivity contribution in [1.82, 2.24) is 0 Å². The molecule has 0 saturated heterocycles. The van der Waals surface area contributed by atoms with Crippen molar-refractivity contribution in [2.24, 2.45) is 0 Å². The molecule has 2 aromatic rings. The Morgan fingerprint density at radius 1 is 0.957 bits per heavy atom. The SMILES string of the molecule is CC(C)c1ccc(O[C@@H](C(=O)O)[C@H](C)c2ccc(Cl)cc2)cc1. The first-order chi connectivity index (χ1) is 10.9. The summed E-state index contributed by atoms with van der Waals surface area (Å²) in [7, 11) is 0. The van der Waals surface area contributed by atoms with Crippen LogP contribution < -0.4 is 4.74 Å². The van der Waals surface area contributed by atoms with Crippen LogP contribution in [-0.2, 0) is 4.79 Å². The summed E-state index contributed by atoms with van der Waals surface area (Å²) in [4.78, 5) is 11.6. The highest BCUT2D eigenvalue weighted by molar-refractivity contribution is 6.30. The van der Waals surface area contributed by atoms with E-state index in [1.54, 1.807) is 12.1 Å². The highest BCUT2D eigenvalue weighted by Crippen LogP contribution is 2.26. The summed E-state index contributed by atoms with van der Waals surface area (Å²) in [6, 6.07) is 14.7. The number of carbonyl (C=O) groups is 1. The molecule has 2 aromatic carbocycles. The van der Waals surface area contributed by atoms with Crippen molar-refractivity contribution in [2.45, 2.75) is 38.7 Å². The van der Waals surface area contributed by atoms with E-state index < -0.39 is 12.1 Å². The van der Waals surface area contributed by atoms with Gasteiger partial charge in [0.1, 0.15) is 5.75 Å². The molecule has 1 N–H and O–H groups in total. The standard InChI is InChI=1S/C19H21ClO3/c1-12(2)14-6-10-17(11-7-14)23-18(19(21)22)13(3)15-4-8-16(20)9-5-15/h4-13,18H,1-3H3,(H,21,22)/t13-,18-/m1/s1. The molecule has 0 aliphatic carbocycles. The fourth-order valence-corrected chi connectivity index (χ4v) is 2.51. The highest BCUT2D eigenvalue weighted by atomic mass is 35.5. The average Bonchev–Trinajstić information content (AvgIpc) is 2.53. The van der Waals surface area contributed by atoms with Crippen LogP contribution in [0.25, 0.3) is 0 Å². The lowest BCUT2D eigenvalue weighted by molar-refractivity contribution is -0.146. The van der Waals surface area contributed by atoms with Crippen molar-refractivity contribution >= 4 is 17.6 Å². The Kier molecular flexibility index (Phi) is 5.67. The third kappa shape index (κ3) is 4.49. The summed E-state index contributed by atoms with van der Waals surface area (Å²) in [6.45, 7) is 6.06. The Hall–Kier alpha value is -2.00. The molecule has 0 amide bonds. The summed E-state index contributed by atoms with van der Waals surface area (Å²) >= 11 is 5.88. The van der Waals surface area contributed by atoms with E-state index in [0.717, 1.165) is 5.56 Å². The van der Waals surface area contributed by atoms with Gasteiger partial charge in [0.05, 0.1) is 0 Å². The summed E-state index contributed by atoms with van der Waals surface area (Å²) in [6.07, 6.45) is -0.957. The molecule has 0 unspecified atom stereocenters. The van der Waals surface area contributed by atoms with E-state index >= 15 is 0 Å². The third-order valence-corrected chi connectivity index (χ3v) is 4.16. The Balaban J connectivity index is 2.18. The number of halogens is 1. The van der Waals surface area contributed by atoms with Crippen molar-refractivity contribution in [3.8, 4) is 5.75 Å². The first-order valence-corrected chi connectivity index (χ1v) is 8.01. The highest BCUT2D eigenvalue weighted by Gasteiger charge is 2.28. The molecule has 0 fully saturated rings. The monoisotopic (exact) mass is 332 g/mol. The predicted octanol–water partition coefficient (Wildman–Crippen LogP) is 5.10. The molecule has 0 bridgehead atoms. The van der Waals surface area contributed by atoms with E-state index in [1.807, 2.05) is 43.3 Å². The molecule has 0 radical (unpaired) electrons. The number of carboxylic acids is 1. The molecule has 122 valence electrons. The van der Waals surface area contributed by atoms with Crippen LogP contribution in [0.3, 0.4) is 0 Å². The second-order valence-electron chi connectivity index (χ2n) is 5.94. The molecule has 2 rings (SSSR count). The van der Waals surface area contributed by atoms with Crippen LogP contribution in [0.2, 0.25) is 5.02 Å². The van der Waals surface area contributed by atoms with Gasteiger partial charge in [-0.3, -0.25) is 0 Å². The number of rotatable bonds is 6. The molecule has 4 heteroatoms. The van der Waals surface area contributed by atoms with Crippen LogP contribution in [0.5, 0.6) is 5.75 Å². The molecule has 23 heavy (non-hydrogen) atoms. The van der Waals surface area contributed by atoms with Crippen LogP contribution in [0.15, 0.2) is 48.5 Å². The lowest BCUT2D eigenvalue weighted by Gasteiger charge is -2.22. The normalized spacial score (nSPS) is 13.6. The van der Waals surface area contributed by atoms with Gasteiger partial charge in [-0.05, 0) is 41.3 Å². The van der Waals surface area contributed by atoms with Gasteiger partial charge in [0.15, 0.2) is 0 Å². The lowest BCUT2D eigenvalue weighted by atomic mass is 9.95. The van der Waals surface area contributed by atoms with Crippen LogP contribution in [-0.4, -0.2) is 17.2 Å². The Morgan fingerprint density at radius 2 is 1.48 bits per heavy atom. The molecule has 2 atom stereocenters. The van der Waals surface area contributed by atoms with Gasteiger partial charge in [-0.1, -0.05) is 56.6 Å². The number of benzene rings is 2. The Bertz CT molecular complexity index is 647. The van der Waals surface area contributed by atoms with Crippen molar-refractivity contribution < 1.29 is 14.6 Å². The second-order valence-corrected chi connectivity index (χ2v) is 6.38. The molecular formula is C19H21ClO3. The van der Waals surface area contributed by atoms with E-state index in [4.69, 9.17) is 16.3 Å². The minimum atomic E-state index is -0.986. The topological polar surface area (TPSA) is 46.5 Å². The number of hydrogen-bond donors (Lipinski definition) is 1. The van der Waals surface area contributed by atoms with Crippen molar-refractivity contribution in [3.05, 3.63) is 64.7 Å². The van der Waals surface area contributed by atoms with Gasteiger partial charge in [0.25, 0.3) is 0 Å². The number of ether oxygens (including phenoxy) is 1. The maximum Gasteiger partial charge on any atom is 0.345 e. The maximum atomic E-state index is 11.6. The molecule has 0 aliphatic rings. The number of carboxylic acid groups (broad SMARTS) is 1. The van der Waals surface area contributed by atoms with Crippen LogP contribution >= 0.6 is 11.6 Å². The largest absolute Gasteiger partial charge is 0.478 e. The van der Waals surface area contributed by atoms with Crippen molar-refractivity contribution in [3.63, 3.8) is 0 Å². The molecule has 0 aromatic heterocycles. The van der Waals surface area contributed by atoms with Gasteiger partial charge in [-0.2, -0.15) is 0 Å². The summed E-state index contributed by atoms with van der Waals surface area (Å²) in [5.41, 5.74) is 2.07.